The summed E-state index contributed by atoms with van der Waals surface area (Å²) in [4.78, 5) is 4.30. The first kappa shape index (κ1) is 9.58. The van der Waals surface area contributed by atoms with Gasteiger partial charge < -0.3 is 5.84 Å². The van der Waals surface area contributed by atoms with E-state index in [4.69, 9.17) is 5.84 Å². The van der Waals surface area contributed by atoms with Crippen LogP contribution < -0.4 is 5.84 Å². The summed E-state index contributed by atoms with van der Waals surface area (Å²) in [5.74, 6) is 5.50. The number of nitrogens with two attached hydrogens (primary N) is 1. The molecule has 0 atom stereocenters. The Bertz CT molecular complexity index is 505. The number of nitrogens with zero attached hydrogens (tertiary/aromatic N) is 3. The van der Waals surface area contributed by atoms with Gasteiger partial charge in [-0.25, -0.2) is 4.98 Å². The molecule has 0 fully saturated rings. The predicted octanol–water partition coefficient (Wildman–Crippen LogP) is 2.75. The van der Waals surface area contributed by atoms with Crippen LogP contribution in [0.4, 0.5) is 5.82 Å². The molecule has 2 aromatic rings. The van der Waals surface area contributed by atoms with E-state index in [1.54, 1.807) is 6.07 Å². The number of aromatic nitrogens is 1. The van der Waals surface area contributed by atoms with Crippen molar-refractivity contribution >= 4 is 16.7 Å². The van der Waals surface area contributed by atoms with E-state index in [-0.39, 0.29) is 0 Å². The second-order valence-corrected chi connectivity index (χ2v) is 3.27. The zero-order valence-electron chi connectivity index (χ0n) is 8.51. The second kappa shape index (κ2) is 4.04. The number of aryl methyl sites for hydroxylation is 1. The number of hydrogen-bond donors (Lipinski definition) is 1. The van der Waals surface area contributed by atoms with Crippen LogP contribution in [-0.4, -0.2) is 4.98 Å². The molecule has 1 aromatic heterocycles. The Labute approximate surface area is 87.8 Å². The lowest BCUT2D eigenvalue weighted by atomic mass is 10.1. The molecule has 1 heterocycles. The molecule has 0 amide bonds. The molecule has 1 aromatic carbocycles. The van der Waals surface area contributed by atoms with Crippen LogP contribution in [-0.2, 0) is 6.42 Å². The number of hydrogen-bond acceptors (Lipinski definition) is 3. The van der Waals surface area contributed by atoms with E-state index in [0.717, 1.165) is 17.3 Å². The first-order valence-electron chi connectivity index (χ1n) is 4.84. The molecule has 2 rings (SSSR count). The fraction of sp³-hybridized carbons (Fsp3) is 0.182. The molecule has 0 saturated heterocycles. The highest BCUT2D eigenvalue weighted by atomic mass is 15.3. The third kappa shape index (κ3) is 1.93. The molecule has 0 bridgehead atoms. The third-order valence-corrected chi connectivity index (χ3v) is 2.31. The van der Waals surface area contributed by atoms with Crippen molar-refractivity contribution in [1.29, 1.82) is 0 Å². The summed E-state index contributed by atoms with van der Waals surface area (Å²) < 4.78 is 0. The molecule has 4 heteroatoms. The highest BCUT2D eigenvalue weighted by Gasteiger charge is 1.98. The Hall–Kier alpha value is -1.97. The van der Waals surface area contributed by atoms with Crippen LogP contribution >= 0.6 is 0 Å². The van der Waals surface area contributed by atoms with Crippen LogP contribution in [0.15, 0.2) is 40.7 Å². The van der Waals surface area contributed by atoms with E-state index in [2.05, 4.69) is 34.4 Å². The highest BCUT2D eigenvalue weighted by Crippen LogP contribution is 2.18. The van der Waals surface area contributed by atoms with Gasteiger partial charge in [-0.3, -0.25) is 0 Å². The van der Waals surface area contributed by atoms with E-state index < -0.39 is 0 Å². The lowest BCUT2D eigenvalue weighted by molar-refractivity contribution is 1.04. The van der Waals surface area contributed by atoms with Crippen LogP contribution in [0.3, 0.4) is 0 Å². The first-order valence-corrected chi connectivity index (χ1v) is 4.84. The zero-order chi connectivity index (χ0) is 10.7. The molecule has 15 heavy (non-hydrogen) atoms. The molecule has 0 aliphatic rings. The summed E-state index contributed by atoms with van der Waals surface area (Å²) in [6.07, 6.45) is 1.03. The van der Waals surface area contributed by atoms with Gasteiger partial charge in [0.1, 0.15) is 0 Å². The quantitative estimate of drug-likeness (QED) is 0.460. The van der Waals surface area contributed by atoms with Crippen LogP contribution in [0, 0.1) is 0 Å². The van der Waals surface area contributed by atoms with Gasteiger partial charge in [-0.1, -0.05) is 18.2 Å². The average molecular weight is 200 g/mol. The highest BCUT2D eigenvalue weighted by molar-refractivity contribution is 5.80. The van der Waals surface area contributed by atoms with E-state index in [1.165, 1.54) is 5.56 Å². The maximum atomic E-state index is 4.97. The van der Waals surface area contributed by atoms with Crippen LogP contribution in [0.25, 0.3) is 10.9 Å². The summed E-state index contributed by atoms with van der Waals surface area (Å²) in [5, 5.41) is 8.02. The minimum Gasteiger partial charge on any atom is -0.305 e. The van der Waals surface area contributed by atoms with Gasteiger partial charge in [0, 0.05) is 5.39 Å². The molecule has 0 aliphatic carbocycles. The SMILES string of the molecule is CCc1ccc2nc(N=NN)ccc2c1. The lowest BCUT2D eigenvalue weighted by Crippen LogP contribution is -1.83. The van der Waals surface area contributed by atoms with Crippen molar-refractivity contribution in [2.24, 2.45) is 16.2 Å². The van der Waals surface area contributed by atoms with Gasteiger partial charge in [0.15, 0.2) is 5.82 Å². The molecule has 76 valence electrons. The lowest BCUT2D eigenvalue weighted by Gasteiger charge is -2.00. The van der Waals surface area contributed by atoms with Gasteiger partial charge in [0.2, 0.25) is 0 Å². The second-order valence-electron chi connectivity index (χ2n) is 3.27. The maximum Gasteiger partial charge on any atom is 0.176 e. The van der Waals surface area contributed by atoms with Crippen molar-refractivity contribution in [3.05, 3.63) is 35.9 Å². The first-order chi connectivity index (χ1) is 7.33. The molecule has 0 aliphatic heterocycles. The third-order valence-electron chi connectivity index (χ3n) is 2.31. The monoisotopic (exact) mass is 200 g/mol. The van der Waals surface area contributed by atoms with Crippen molar-refractivity contribution in [2.75, 3.05) is 0 Å². The molecule has 4 nitrogen and oxygen atoms in total. The number of fused-ring (bicyclic) bond motifs is 1. The van der Waals surface area contributed by atoms with Gasteiger partial charge in [-0.15, -0.1) is 5.11 Å². The van der Waals surface area contributed by atoms with Crippen molar-refractivity contribution in [1.82, 2.24) is 4.98 Å². The molecule has 2 N–H and O–H groups in total. The Morgan fingerprint density at radius 1 is 1.27 bits per heavy atom. The average Bonchev–Trinajstić information content (AvgIpc) is 2.29. The topological polar surface area (TPSA) is 63.6 Å². The summed E-state index contributed by atoms with van der Waals surface area (Å²) in [5.41, 5.74) is 2.22. The smallest absolute Gasteiger partial charge is 0.176 e. The summed E-state index contributed by atoms with van der Waals surface area (Å²) in [6, 6.07) is 9.97. The zero-order valence-corrected chi connectivity index (χ0v) is 8.51. The van der Waals surface area contributed by atoms with Gasteiger partial charge in [-0.2, -0.15) is 0 Å². The Balaban J connectivity index is 2.54. The van der Waals surface area contributed by atoms with Gasteiger partial charge in [-0.05, 0) is 36.2 Å². The van der Waals surface area contributed by atoms with Crippen LogP contribution in [0.2, 0.25) is 0 Å². The van der Waals surface area contributed by atoms with Crippen molar-refractivity contribution < 1.29 is 0 Å². The summed E-state index contributed by atoms with van der Waals surface area (Å²) >= 11 is 0. The fourth-order valence-corrected chi connectivity index (χ4v) is 1.50. The van der Waals surface area contributed by atoms with Crippen LogP contribution in [0.1, 0.15) is 12.5 Å². The summed E-state index contributed by atoms with van der Waals surface area (Å²) in [7, 11) is 0. The van der Waals surface area contributed by atoms with E-state index in [9.17, 15) is 0 Å². The minimum absolute atomic E-state index is 0.536. The molecular weight excluding hydrogens is 188 g/mol. The summed E-state index contributed by atoms with van der Waals surface area (Å²) in [6.45, 7) is 2.13. The number of pyridine rings is 1. The van der Waals surface area contributed by atoms with E-state index in [0.29, 0.717) is 5.82 Å². The van der Waals surface area contributed by atoms with Gasteiger partial charge in [0.25, 0.3) is 0 Å². The molecule has 0 saturated carbocycles. The normalized spacial score (nSPS) is 11.3. The van der Waals surface area contributed by atoms with Crippen molar-refractivity contribution in [3.8, 4) is 0 Å². The Morgan fingerprint density at radius 2 is 2.13 bits per heavy atom. The van der Waals surface area contributed by atoms with E-state index >= 15 is 0 Å². The minimum atomic E-state index is 0.536. The standard InChI is InChI=1S/C11H12N4/c1-2-8-3-5-10-9(7-8)4-6-11(13-10)14-15-12/h3-7H,2H2,1H3,(H2,12,13,14). The number of benzene rings is 1. The van der Waals surface area contributed by atoms with Gasteiger partial charge >= 0.3 is 0 Å². The van der Waals surface area contributed by atoms with Crippen LogP contribution in [0.5, 0.6) is 0 Å². The molecule has 0 unspecified atom stereocenters. The molecule has 0 radical (unpaired) electrons. The van der Waals surface area contributed by atoms with Crippen molar-refractivity contribution in [3.63, 3.8) is 0 Å². The number of rotatable bonds is 2. The predicted molar refractivity (Wildman–Crippen MR) is 59.8 cm³/mol. The molecule has 0 spiro atoms. The largest absolute Gasteiger partial charge is 0.305 e. The van der Waals surface area contributed by atoms with E-state index in [1.807, 2.05) is 12.1 Å². The van der Waals surface area contributed by atoms with Crippen molar-refractivity contribution in [2.45, 2.75) is 13.3 Å². The maximum absolute atomic E-state index is 4.97. The molecular formula is C11H12N4. The van der Waals surface area contributed by atoms with Gasteiger partial charge in [0.05, 0.1) is 5.52 Å². The Morgan fingerprint density at radius 3 is 2.87 bits per heavy atom. The fourth-order valence-electron chi connectivity index (χ4n) is 1.50. The Kier molecular flexibility index (Phi) is 2.58.